The van der Waals surface area contributed by atoms with Crippen LogP contribution in [0, 0.1) is 0 Å². The maximum absolute atomic E-state index is 10.5. The molecule has 3 aliphatic rings. The van der Waals surface area contributed by atoms with Gasteiger partial charge in [-0.05, 0) is 12.8 Å². The summed E-state index contributed by atoms with van der Waals surface area (Å²) >= 11 is 0. The molecule has 1 saturated heterocycles. The van der Waals surface area contributed by atoms with Gasteiger partial charge in [0.05, 0.1) is 13.2 Å². The zero-order valence-corrected chi connectivity index (χ0v) is 14.0. The summed E-state index contributed by atoms with van der Waals surface area (Å²) in [6.45, 7) is 7.86. The second kappa shape index (κ2) is 7.64. The number of hydrogen-bond acceptors (Lipinski definition) is 6. The van der Waals surface area contributed by atoms with E-state index in [1.807, 2.05) is 0 Å². The molecule has 2 saturated carbocycles. The molecule has 2 N–H and O–H groups in total. The molecule has 0 aromatic heterocycles. The fraction of sp³-hybridized carbons (Fsp3) is 0.778. The molecule has 6 atom stereocenters. The highest BCUT2D eigenvalue weighted by Gasteiger charge is 2.60. The Morgan fingerprint density at radius 1 is 0.875 bits per heavy atom. The minimum absolute atomic E-state index is 0.256. The van der Waals surface area contributed by atoms with E-state index in [2.05, 4.69) is 13.2 Å². The molecule has 24 heavy (non-hydrogen) atoms. The number of aliphatic hydroxyl groups excluding tert-OH is 2. The van der Waals surface area contributed by atoms with Crippen LogP contribution < -0.4 is 0 Å². The van der Waals surface area contributed by atoms with Gasteiger partial charge in [-0.1, -0.05) is 18.6 Å². The second-order valence-corrected chi connectivity index (χ2v) is 6.79. The Hall–Kier alpha value is -0.760. The van der Waals surface area contributed by atoms with Crippen molar-refractivity contribution >= 4 is 0 Å². The van der Waals surface area contributed by atoms with Crippen molar-refractivity contribution in [2.45, 2.75) is 74.5 Å². The molecule has 0 aromatic rings. The Balaban J connectivity index is 1.82. The van der Waals surface area contributed by atoms with E-state index in [0.29, 0.717) is 6.61 Å². The van der Waals surface area contributed by atoms with Crippen molar-refractivity contribution in [3.05, 3.63) is 25.3 Å². The van der Waals surface area contributed by atoms with Crippen molar-refractivity contribution in [1.82, 2.24) is 0 Å². The van der Waals surface area contributed by atoms with Gasteiger partial charge in [0.2, 0.25) is 0 Å². The first-order chi connectivity index (χ1) is 11.6. The van der Waals surface area contributed by atoms with Crippen molar-refractivity contribution < 1.29 is 29.2 Å². The number of rotatable bonds is 6. The standard InChI is InChI=1S/C18H28O6/c1-3-10-21-14-12(19)13(20)15-17(16(14)22-11-4-2)24-18(23-15)8-6-5-7-9-18/h3-4,12-17,19-20H,1-2,5-11H2/t12-,13-,14+,15+,16-,17+/m0/s1. The monoisotopic (exact) mass is 340 g/mol. The molecule has 0 unspecified atom stereocenters. The molecule has 0 bridgehead atoms. The summed E-state index contributed by atoms with van der Waals surface area (Å²) in [4.78, 5) is 0. The third-order valence-corrected chi connectivity index (χ3v) is 5.12. The molecule has 1 spiro atoms. The van der Waals surface area contributed by atoms with Crippen LogP contribution in [0.4, 0.5) is 0 Å². The number of aliphatic hydroxyl groups is 2. The molecule has 0 radical (unpaired) electrons. The average Bonchev–Trinajstić information content (AvgIpc) is 2.95. The maximum Gasteiger partial charge on any atom is 0.169 e. The molecule has 0 amide bonds. The molecule has 6 heteroatoms. The van der Waals surface area contributed by atoms with Crippen molar-refractivity contribution in [1.29, 1.82) is 0 Å². The lowest BCUT2D eigenvalue weighted by atomic mass is 9.84. The lowest BCUT2D eigenvalue weighted by Crippen LogP contribution is -2.64. The Morgan fingerprint density at radius 3 is 2.08 bits per heavy atom. The van der Waals surface area contributed by atoms with Gasteiger partial charge in [-0.15, -0.1) is 13.2 Å². The fourth-order valence-corrected chi connectivity index (χ4v) is 4.01. The van der Waals surface area contributed by atoms with Gasteiger partial charge in [0, 0.05) is 12.8 Å². The van der Waals surface area contributed by atoms with Crippen molar-refractivity contribution in [2.24, 2.45) is 0 Å². The van der Waals surface area contributed by atoms with Crippen molar-refractivity contribution in [3.63, 3.8) is 0 Å². The highest BCUT2D eigenvalue weighted by atomic mass is 16.8. The third-order valence-electron chi connectivity index (χ3n) is 5.12. The van der Waals surface area contributed by atoms with Gasteiger partial charge in [0.1, 0.15) is 36.6 Å². The predicted molar refractivity (Wildman–Crippen MR) is 87.4 cm³/mol. The summed E-state index contributed by atoms with van der Waals surface area (Å²) in [5.74, 6) is -0.669. The molecule has 2 aliphatic carbocycles. The van der Waals surface area contributed by atoms with Crippen LogP contribution in [0.1, 0.15) is 32.1 Å². The third kappa shape index (κ3) is 3.31. The molecular weight excluding hydrogens is 312 g/mol. The summed E-state index contributed by atoms with van der Waals surface area (Å²) in [5, 5.41) is 21.1. The Labute approximate surface area is 143 Å². The van der Waals surface area contributed by atoms with Crippen LogP contribution in [-0.2, 0) is 18.9 Å². The molecule has 1 heterocycles. The van der Waals surface area contributed by atoms with Gasteiger partial charge < -0.3 is 29.2 Å². The number of fused-ring (bicyclic) bond motifs is 1. The molecule has 1 aliphatic heterocycles. The second-order valence-electron chi connectivity index (χ2n) is 6.79. The Kier molecular flexibility index (Phi) is 5.74. The predicted octanol–water partition coefficient (Wildman–Crippen LogP) is 1.31. The van der Waals surface area contributed by atoms with Gasteiger partial charge in [-0.3, -0.25) is 0 Å². The first-order valence-corrected chi connectivity index (χ1v) is 8.78. The first kappa shape index (κ1) is 18.0. The van der Waals surface area contributed by atoms with Crippen LogP contribution in [0.25, 0.3) is 0 Å². The van der Waals surface area contributed by atoms with E-state index in [1.165, 1.54) is 0 Å². The summed E-state index contributed by atoms with van der Waals surface area (Å²) in [7, 11) is 0. The molecular formula is C18H28O6. The van der Waals surface area contributed by atoms with Gasteiger partial charge >= 0.3 is 0 Å². The average molecular weight is 340 g/mol. The van der Waals surface area contributed by atoms with Crippen LogP contribution in [0.2, 0.25) is 0 Å². The van der Waals surface area contributed by atoms with Gasteiger partial charge in [-0.2, -0.15) is 0 Å². The smallest absolute Gasteiger partial charge is 0.169 e. The van der Waals surface area contributed by atoms with E-state index < -0.39 is 42.4 Å². The van der Waals surface area contributed by atoms with E-state index in [-0.39, 0.29) is 6.61 Å². The largest absolute Gasteiger partial charge is 0.387 e. The highest BCUT2D eigenvalue weighted by molar-refractivity contribution is 5.06. The summed E-state index contributed by atoms with van der Waals surface area (Å²) in [6.07, 6.45) is 3.56. The van der Waals surface area contributed by atoms with Gasteiger partial charge in [-0.25, -0.2) is 0 Å². The quantitative estimate of drug-likeness (QED) is 0.710. The van der Waals surface area contributed by atoms with Gasteiger partial charge in [0.15, 0.2) is 5.79 Å². The lowest BCUT2D eigenvalue weighted by molar-refractivity contribution is -0.217. The van der Waals surface area contributed by atoms with E-state index in [0.717, 1.165) is 32.1 Å². The van der Waals surface area contributed by atoms with Crippen molar-refractivity contribution in [3.8, 4) is 0 Å². The van der Waals surface area contributed by atoms with Gasteiger partial charge in [0.25, 0.3) is 0 Å². The number of ether oxygens (including phenoxy) is 4. The first-order valence-electron chi connectivity index (χ1n) is 8.78. The van der Waals surface area contributed by atoms with Crippen molar-refractivity contribution in [2.75, 3.05) is 13.2 Å². The van der Waals surface area contributed by atoms with Crippen LogP contribution in [0.5, 0.6) is 0 Å². The van der Waals surface area contributed by atoms with E-state index >= 15 is 0 Å². The van der Waals surface area contributed by atoms with E-state index in [9.17, 15) is 10.2 Å². The maximum atomic E-state index is 10.5. The van der Waals surface area contributed by atoms with Crippen LogP contribution in [-0.4, -0.2) is 65.8 Å². The fourth-order valence-electron chi connectivity index (χ4n) is 4.01. The van der Waals surface area contributed by atoms with Crippen LogP contribution >= 0.6 is 0 Å². The topological polar surface area (TPSA) is 77.4 Å². The Morgan fingerprint density at radius 2 is 1.46 bits per heavy atom. The Bertz CT molecular complexity index is 447. The summed E-state index contributed by atoms with van der Waals surface area (Å²) in [5.41, 5.74) is 0. The zero-order valence-electron chi connectivity index (χ0n) is 14.0. The van der Waals surface area contributed by atoms with E-state index in [1.54, 1.807) is 12.2 Å². The highest BCUT2D eigenvalue weighted by Crippen LogP contribution is 2.45. The molecule has 3 rings (SSSR count). The number of hydrogen-bond donors (Lipinski definition) is 2. The van der Waals surface area contributed by atoms with E-state index in [4.69, 9.17) is 18.9 Å². The normalized spacial score (nSPS) is 41.1. The van der Waals surface area contributed by atoms with Crippen LogP contribution in [0.15, 0.2) is 25.3 Å². The molecule has 6 nitrogen and oxygen atoms in total. The summed E-state index contributed by atoms with van der Waals surface area (Å²) < 4.78 is 23.9. The SMILES string of the molecule is C=CCO[C@@H]1[C@@H]2OC3(CCCCC3)O[C@@H]2[C@@H](O)[C@H](O)[C@H]1OCC=C. The lowest BCUT2D eigenvalue weighted by Gasteiger charge is -2.42. The summed E-state index contributed by atoms with van der Waals surface area (Å²) in [6, 6.07) is 0. The van der Waals surface area contributed by atoms with Crippen LogP contribution in [0.3, 0.4) is 0 Å². The minimum Gasteiger partial charge on any atom is -0.387 e. The zero-order chi connectivity index (χ0) is 17.2. The molecule has 3 fully saturated rings. The molecule has 136 valence electrons. The molecule has 0 aromatic carbocycles. The minimum atomic E-state index is -1.11.